The smallest absolute Gasteiger partial charge is 0.103 e. The lowest BCUT2D eigenvalue weighted by Crippen LogP contribution is -2.09. The van der Waals surface area contributed by atoms with Crippen LogP contribution in [-0.4, -0.2) is 32.0 Å². The van der Waals surface area contributed by atoms with Crippen molar-refractivity contribution in [2.45, 2.75) is 13.0 Å². The zero-order valence-electron chi connectivity index (χ0n) is 8.53. The highest BCUT2D eigenvalue weighted by Crippen LogP contribution is 2.20. The average molecular weight is 216 g/mol. The third kappa shape index (κ3) is 3.75. The fourth-order valence-electron chi connectivity index (χ4n) is 1.07. The molecule has 4 heteroatoms. The van der Waals surface area contributed by atoms with Gasteiger partial charge in [-0.25, -0.2) is 0 Å². The first-order valence-corrected chi connectivity index (χ1v) is 5.41. The molecule has 0 aliphatic rings. The number of hydrogen-bond acceptors (Lipinski definition) is 4. The SMILES string of the molecule is COCCOCC(O)c1csc(C)c1. The van der Waals surface area contributed by atoms with Gasteiger partial charge in [-0.05, 0) is 23.9 Å². The van der Waals surface area contributed by atoms with E-state index in [1.165, 1.54) is 4.88 Å². The first kappa shape index (κ1) is 11.7. The summed E-state index contributed by atoms with van der Waals surface area (Å²) in [5.41, 5.74) is 0.935. The van der Waals surface area contributed by atoms with Gasteiger partial charge < -0.3 is 14.6 Å². The minimum atomic E-state index is -0.517. The van der Waals surface area contributed by atoms with E-state index >= 15 is 0 Å². The van der Waals surface area contributed by atoms with Crippen LogP contribution in [0.3, 0.4) is 0 Å². The summed E-state index contributed by atoms with van der Waals surface area (Å²) >= 11 is 1.64. The molecule has 0 saturated heterocycles. The first-order valence-electron chi connectivity index (χ1n) is 4.54. The number of ether oxygens (including phenoxy) is 2. The second-order valence-electron chi connectivity index (χ2n) is 3.07. The van der Waals surface area contributed by atoms with Crippen LogP contribution in [0.25, 0.3) is 0 Å². The lowest BCUT2D eigenvalue weighted by molar-refractivity contribution is 0.0127. The maximum atomic E-state index is 9.67. The summed E-state index contributed by atoms with van der Waals surface area (Å²) in [5, 5.41) is 11.6. The van der Waals surface area contributed by atoms with Gasteiger partial charge in [0, 0.05) is 12.0 Å². The van der Waals surface area contributed by atoms with Crippen molar-refractivity contribution in [3.63, 3.8) is 0 Å². The molecule has 0 radical (unpaired) electrons. The van der Waals surface area contributed by atoms with Crippen molar-refractivity contribution in [3.05, 3.63) is 21.9 Å². The molecule has 1 aromatic rings. The van der Waals surface area contributed by atoms with Gasteiger partial charge in [0.25, 0.3) is 0 Å². The van der Waals surface area contributed by atoms with Crippen molar-refractivity contribution < 1.29 is 14.6 Å². The number of aliphatic hydroxyl groups is 1. The summed E-state index contributed by atoms with van der Waals surface area (Å²) in [6, 6.07) is 1.98. The van der Waals surface area contributed by atoms with Crippen LogP contribution in [0, 0.1) is 6.92 Å². The predicted molar refractivity (Wildman–Crippen MR) is 56.7 cm³/mol. The van der Waals surface area contributed by atoms with Crippen LogP contribution in [0.5, 0.6) is 0 Å². The maximum absolute atomic E-state index is 9.67. The lowest BCUT2D eigenvalue weighted by Gasteiger charge is -2.09. The molecule has 0 fully saturated rings. The fourth-order valence-corrected chi connectivity index (χ4v) is 1.82. The highest BCUT2D eigenvalue weighted by molar-refractivity contribution is 7.10. The van der Waals surface area contributed by atoms with Crippen molar-refractivity contribution in [2.75, 3.05) is 26.9 Å². The van der Waals surface area contributed by atoms with E-state index < -0.39 is 6.10 Å². The number of aliphatic hydroxyl groups excluding tert-OH is 1. The standard InChI is InChI=1S/C10H16O3S/c1-8-5-9(7-14-8)10(11)6-13-4-3-12-2/h5,7,10-11H,3-4,6H2,1-2H3. The van der Waals surface area contributed by atoms with Crippen LogP contribution in [0.2, 0.25) is 0 Å². The Balaban J connectivity index is 2.25. The topological polar surface area (TPSA) is 38.7 Å². The Hall–Kier alpha value is -0.420. The molecule has 0 amide bonds. The Morgan fingerprint density at radius 1 is 1.50 bits per heavy atom. The second kappa shape index (κ2) is 6.14. The quantitative estimate of drug-likeness (QED) is 0.736. The minimum absolute atomic E-state index is 0.333. The lowest BCUT2D eigenvalue weighted by atomic mass is 10.2. The summed E-state index contributed by atoms with van der Waals surface area (Å²) in [5.74, 6) is 0. The van der Waals surface area contributed by atoms with E-state index in [1.54, 1.807) is 18.4 Å². The van der Waals surface area contributed by atoms with E-state index in [-0.39, 0.29) is 0 Å². The maximum Gasteiger partial charge on any atom is 0.103 e. The molecule has 0 bridgehead atoms. The Kier molecular flexibility index (Phi) is 5.11. The normalized spacial score (nSPS) is 13.1. The minimum Gasteiger partial charge on any atom is -0.386 e. The molecule has 14 heavy (non-hydrogen) atoms. The number of hydrogen-bond donors (Lipinski definition) is 1. The van der Waals surface area contributed by atoms with Crippen LogP contribution in [0.4, 0.5) is 0 Å². The monoisotopic (exact) mass is 216 g/mol. The molecule has 3 nitrogen and oxygen atoms in total. The van der Waals surface area contributed by atoms with Crippen LogP contribution in [0.1, 0.15) is 16.5 Å². The van der Waals surface area contributed by atoms with Crippen LogP contribution >= 0.6 is 11.3 Å². The largest absolute Gasteiger partial charge is 0.386 e. The highest BCUT2D eigenvalue weighted by Gasteiger charge is 2.08. The van der Waals surface area contributed by atoms with Crippen molar-refractivity contribution in [3.8, 4) is 0 Å². The molecule has 0 aliphatic carbocycles. The van der Waals surface area contributed by atoms with Crippen molar-refractivity contribution in [2.24, 2.45) is 0 Å². The number of rotatable bonds is 6. The fraction of sp³-hybridized carbons (Fsp3) is 0.600. The van der Waals surface area contributed by atoms with Crippen LogP contribution in [0.15, 0.2) is 11.4 Å². The van der Waals surface area contributed by atoms with Crippen molar-refractivity contribution in [1.82, 2.24) is 0 Å². The number of thiophene rings is 1. The molecule has 1 rings (SSSR count). The van der Waals surface area contributed by atoms with Gasteiger partial charge in [0.15, 0.2) is 0 Å². The molecule has 0 aliphatic heterocycles. The van der Waals surface area contributed by atoms with Crippen molar-refractivity contribution >= 4 is 11.3 Å². The molecular formula is C10H16O3S. The molecule has 0 spiro atoms. The van der Waals surface area contributed by atoms with E-state index in [9.17, 15) is 5.11 Å². The van der Waals surface area contributed by atoms with Gasteiger partial charge in [0.1, 0.15) is 6.10 Å². The third-order valence-corrected chi connectivity index (χ3v) is 2.72. The van der Waals surface area contributed by atoms with Gasteiger partial charge in [-0.3, -0.25) is 0 Å². The van der Waals surface area contributed by atoms with Crippen molar-refractivity contribution in [1.29, 1.82) is 0 Å². The summed E-state index contributed by atoms with van der Waals surface area (Å²) in [7, 11) is 1.63. The number of methoxy groups -OCH3 is 1. The Labute approximate surface area is 88.3 Å². The Morgan fingerprint density at radius 2 is 2.29 bits per heavy atom. The zero-order valence-corrected chi connectivity index (χ0v) is 9.34. The van der Waals surface area contributed by atoms with Gasteiger partial charge in [0.05, 0.1) is 19.8 Å². The average Bonchev–Trinajstić information content (AvgIpc) is 2.59. The predicted octanol–water partition coefficient (Wildman–Crippen LogP) is 1.75. The summed E-state index contributed by atoms with van der Waals surface area (Å²) in [4.78, 5) is 1.20. The van der Waals surface area contributed by atoms with Gasteiger partial charge in [-0.15, -0.1) is 11.3 Å². The molecule has 0 aromatic carbocycles. The molecule has 80 valence electrons. The molecule has 1 unspecified atom stereocenters. The third-order valence-electron chi connectivity index (χ3n) is 1.84. The molecule has 1 aromatic heterocycles. The second-order valence-corrected chi connectivity index (χ2v) is 4.19. The van der Waals surface area contributed by atoms with Gasteiger partial charge >= 0.3 is 0 Å². The first-order chi connectivity index (χ1) is 6.74. The Morgan fingerprint density at radius 3 is 2.86 bits per heavy atom. The van der Waals surface area contributed by atoms with E-state index in [1.807, 2.05) is 18.4 Å². The van der Waals surface area contributed by atoms with E-state index in [0.29, 0.717) is 19.8 Å². The number of aryl methyl sites for hydroxylation is 1. The highest BCUT2D eigenvalue weighted by atomic mass is 32.1. The van der Waals surface area contributed by atoms with Gasteiger partial charge in [-0.1, -0.05) is 0 Å². The molecule has 1 atom stereocenters. The Bertz CT molecular complexity index is 260. The summed E-state index contributed by atoms with van der Waals surface area (Å²) in [6.07, 6.45) is -0.517. The molecular weight excluding hydrogens is 200 g/mol. The zero-order chi connectivity index (χ0) is 10.4. The molecule has 0 saturated carbocycles. The van der Waals surface area contributed by atoms with Gasteiger partial charge in [-0.2, -0.15) is 0 Å². The molecule has 1 heterocycles. The van der Waals surface area contributed by atoms with E-state index in [4.69, 9.17) is 9.47 Å². The summed E-state index contributed by atoms with van der Waals surface area (Å²) < 4.78 is 10.1. The summed E-state index contributed by atoms with van der Waals surface area (Å²) in [6.45, 7) is 3.44. The van der Waals surface area contributed by atoms with Crippen LogP contribution in [-0.2, 0) is 9.47 Å². The van der Waals surface area contributed by atoms with E-state index in [0.717, 1.165) is 5.56 Å². The molecule has 1 N–H and O–H groups in total. The van der Waals surface area contributed by atoms with Crippen LogP contribution < -0.4 is 0 Å². The van der Waals surface area contributed by atoms with E-state index in [2.05, 4.69) is 0 Å². The van der Waals surface area contributed by atoms with Gasteiger partial charge in [0.2, 0.25) is 0 Å².